The summed E-state index contributed by atoms with van der Waals surface area (Å²) in [5.41, 5.74) is 2.18. The van der Waals surface area contributed by atoms with Crippen molar-refractivity contribution in [1.82, 2.24) is 5.32 Å². The third kappa shape index (κ3) is 3.07. The van der Waals surface area contributed by atoms with E-state index in [4.69, 9.17) is 0 Å². The van der Waals surface area contributed by atoms with E-state index in [1.807, 2.05) is 6.07 Å². The molecule has 0 aliphatic heterocycles. The molecule has 0 spiro atoms. The maximum atomic E-state index is 13.7. The van der Waals surface area contributed by atoms with Crippen LogP contribution in [0, 0.1) is 19.7 Å². The normalized spacial score (nSPS) is 12.7. The van der Waals surface area contributed by atoms with E-state index in [2.05, 4.69) is 48.1 Å². The van der Waals surface area contributed by atoms with E-state index in [9.17, 15) is 4.39 Å². The smallest absolute Gasteiger partial charge is 0.137 e. The first-order valence-corrected chi connectivity index (χ1v) is 7.89. The highest BCUT2D eigenvalue weighted by Gasteiger charge is 2.20. The molecule has 1 aromatic carbocycles. The fraction of sp³-hybridized carbons (Fsp3) is 0.333. The zero-order chi connectivity index (χ0) is 14.0. The van der Waals surface area contributed by atoms with Crippen molar-refractivity contribution < 1.29 is 4.39 Å². The molecule has 19 heavy (non-hydrogen) atoms. The minimum atomic E-state index is -0.218. The second kappa shape index (κ2) is 6.16. The van der Waals surface area contributed by atoms with Crippen LogP contribution in [0.5, 0.6) is 0 Å². The van der Waals surface area contributed by atoms with Crippen LogP contribution in [0.25, 0.3) is 0 Å². The van der Waals surface area contributed by atoms with Gasteiger partial charge in [0.1, 0.15) is 5.82 Å². The van der Waals surface area contributed by atoms with E-state index in [1.54, 1.807) is 17.4 Å². The predicted molar refractivity (Wildman–Crippen MR) is 83.4 cm³/mol. The maximum Gasteiger partial charge on any atom is 0.137 e. The molecule has 1 nitrogen and oxygen atoms in total. The average molecular weight is 342 g/mol. The van der Waals surface area contributed by atoms with E-state index in [0.29, 0.717) is 4.47 Å². The van der Waals surface area contributed by atoms with Crippen molar-refractivity contribution in [2.24, 2.45) is 0 Å². The van der Waals surface area contributed by atoms with Crippen LogP contribution in [-0.2, 0) is 0 Å². The lowest BCUT2D eigenvalue weighted by Gasteiger charge is -2.20. The van der Waals surface area contributed by atoms with Crippen LogP contribution in [0.15, 0.2) is 28.7 Å². The highest BCUT2D eigenvalue weighted by Crippen LogP contribution is 2.34. The van der Waals surface area contributed by atoms with Gasteiger partial charge in [-0.25, -0.2) is 4.39 Å². The van der Waals surface area contributed by atoms with E-state index in [0.717, 1.165) is 12.1 Å². The van der Waals surface area contributed by atoms with Crippen LogP contribution in [0.1, 0.15) is 33.8 Å². The van der Waals surface area contributed by atoms with Gasteiger partial charge in [-0.1, -0.05) is 19.1 Å². The van der Waals surface area contributed by atoms with Crippen molar-refractivity contribution in [3.8, 4) is 0 Å². The standard InChI is InChI=1S/C15H17BrFNS/c1-4-18-15(12-8-9(2)19-10(12)3)11-6-5-7-13(17)14(11)16/h5-8,15,18H,4H2,1-3H3. The van der Waals surface area contributed by atoms with Crippen LogP contribution >= 0.6 is 27.3 Å². The molecule has 4 heteroatoms. The van der Waals surface area contributed by atoms with Gasteiger partial charge in [0.05, 0.1) is 10.5 Å². The van der Waals surface area contributed by atoms with Crippen molar-refractivity contribution in [2.75, 3.05) is 6.54 Å². The highest BCUT2D eigenvalue weighted by molar-refractivity contribution is 9.10. The van der Waals surface area contributed by atoms with E-state index in [1.165, 1.54) is 21.4 Å². The van der Waals surface area contributed by atoms with Crippen molar-refractivity contribution in [3.63, 3.8) is 0 Å². The first kappa shape index (κ1) is 14.7. The lowest BCUT2D eigenvalue weighted by molar-refractivity contribution is 0.595. The maximum absolute atomic E-state index is 13.7. The summed E-state index contributed by atoms with van der Waals surface area (Å²) in [5, 5.41) is 3.45. The van der Waals surface area contributed by atoms with Gasteiger partial charge in [-0.2, -0.15) is 0 Å². The summed E-state index contributed by atoms with van der Waals surface area (Å²) < 4.78 is 14.3. The molecule has 2 rings (SSSR count). The van der Waals surface area contributed by atoms with Crippen LogP contribution in [0.2, 0.25) is 0 Å². The highest BCUT2D eigenvalue weighted by atomic mass is 79.9. The summed E-state index contributed by atoms with van der Waals surface area (Å²) in [5.74, 6) is -0.218. The lowest BCUT2D eigenvalue weighted by Crippen LogP contribution is -2.22. The van der Waals surface area contributed by atoms with E-state index in [-0.39, 0.29) is 11.9 Å². The second-order valence-electron chi connectivity index (χ2n) is 4.50. The Kier molecular flexibility index (Phi) is 4.76. The van der Waals surface area contributed by atoms with Gasteiger partial charge in [0.25, 0.3) is 0 Å². The number of nitrogens with one attached hydrogen (secondary N) is 1. The Hall–Kier alpha value is -0.710. The number of thiophene rings is 1. The number of rotatable bonds is 4. The summed E-state index contributed by atoms with van der Waals surface area (Å²) in [6.45, 7) is 7.12. The third-order valence-electron chi connectivity index (χ3n) is 3.09. The first-order valence-electron chi connectivity index (χ1n) is 6.28. The third-order valence-corrected chi connectivity index (χ3v) is 4.91. The van der Waals surface area contributed by atoms with Crippen LogP contribution in [0.4, 0.5) is 4.39 Å². The molecule has 0 saturated heterocycles. The number of hydrogen-bond acceptors (Lipinski definition) is 2. The first-order chi connectivity index (χ1) is 9.04. The molecule has 0 amide bonds. The Morgan fingerprint density at radius 2 is 2.05 bits per heavy atom. The monoisotopic (exact) mass is 341 g/mol. The van der Waals surface area contributed by atoms with Crippen LogP contribution in [-0.4, -0.2) is 6.54 Å². The van der Waals surface area contributed by atoms with Crippen molar-refractivity contribution in [3.05, 3.63) is 55.4 Å². The molecular weight excluding hydrogens is 325 g/mol. The predicted octanol–water partition coefficient (Wildman–Crippen LogP) is 4.97. The summed E-state index contributed by atoms with van der Waals surface area (Å²) in [7, 11) is 0. The van der Waals surface area contributed by atoms with Gasteiger partial charge < -0.3 is 5.32 Å². The lowest BCUT2D eigenvalue weighted by atomic mass is 9.99. The molecule has 1 unspecified atom stereocenters. The molecule has 1 heterocycles. The summed E-state index contributed by atoms with van der Waals surface area (Å²) in [6.07, 6.45) is 0. The molecular formula is C15H17BrFNS. The Morgan fingerprint density at radius 1 is 1.32 bits per heavy atom. The Balaban J connectivity index is 2.51. The zero-order valence-corrected chi connectivity index (χ0v) is 13.7. The molecule has 1 aromatic heterocycles. The van der Waals surface area contributed by atoms with E-state index < -0.39 is 0 Å². The zero-order valence-electron chi connectivity index (χ0n) is 11.3. The average Bonchev–Trinajstić information content (AvgIpc) is 2.69. The molecule has 1 atom stereocenters. The Bertz CT molecular complexity index is 580. The number of hydrogen-bond donors (Lipinski definition) is 1. The summed E-state index contributed by atoms with van der Waals surface area (Å²) in [4.78, 5) is 2.56. The minimum absolute atomic E-state index is 0.0278. The number of halogens is 2. The minimum Gasteiger partial charge on any atom is -0.306 e. The summed E-state index contributed by atoms with van der Waals surface area (Å²) >= 11 is 5.15. The Labute approximate surface area is 126 Å². The van der Waals surface area contributed by atoms with Gasteiger partial charge in [0.15, 0.2) is 0 Å². The molecule has 0 aliphatic rings. The van der Waals surface area contributed by atoms with Crippen LogP contribution in [0.3, 0.4) is 0 Å². The SMILES string of the molecule is CCNC(c1cc(C)sc1C)c1cccc(F)c1Br. The molecule has 1 N–H and O–H groups in total. The quantitative estimate of drug-likeness (QED) is 0.828. The van der Waals surface area contributed by atoms with Gasteiger partial charge in [-0.05, 0) is 59.6 Å². The van der Waals surface area contributed by atoms with Gasteiger partial charge >= 0.3 is 0 Å². The largest absolute Gasteiger partial charge is 0.306 e. The van der Waals surface area contributed by atoms with Gasteiger partial charge in [0, 0.05) is 9.75 Å². The molecule has 102 valence electrons. The van der Waals surface area contributed by atoms with Crippen molar-refractivity contribution in [1.29, 1.82) is 0 Å². The van der Waals surface area contributed by atoms with Crippen molar-refractivity contribution >= 4 is 27.3 Å². The molecule has 0 saturated carbocycles. The van der Waals surface area contributed by atoms with E-state index >= 15 is 0 Å². The van der Waals surface area contributed by atoms with Gasteiger partial charge in [0.2, 0.25) is 0 Å². The molecule has 0 bridgehead atoms. The molecule has 0 aliphatic carbocycles. The number of aryl methyl sites for hydroxylation is 2. The fourth-order valence-corrected chi connectivity index (χ4v) is 3.73. The topological polar surface area (TPSA) is 12.0 Å². The molecule has 2 aromatic rings. The van der Waals surface area contributed by atoms with Crippen molar-refractivity contribution in [2.45, 2.75) is 26.8 Å². The molecule has 0 fully saturated rings. The Morgan fingerprint density at radius 3 is 2.63 bits per heavy atom. The number of benzene rings is 1. The fourth-order valence-electron chi connectivity index (χ4n) is 2.27. The van der Waals surface area contributed by atoms with Gasteiger partial charge in [-0.15, -0.1) is 11.3 Å². The van der Waals surface area contributed by atoms with Gasteiger partial charge in [-0.3, -0.25) is 0 Å². The molecule has 0 radical (unpaired) electrons. The van der Waals surface area contributed by atoms with Crippen LogP contribution < -0.4 is 5.32 Å². The summed E-state index contributed by atoms with van der Waals surface area (Å²) in [6, 6.07) is 7.41. The second-order valence-corrected chi connectivity index (χ2v) is 6.76.